The molecule has 0 radical (unpaired) electrons. The highest BCUT2D eigenvalue weighted by Gasteiger charge is 2.30. The Balaban J connectivity index is 1.79. The van der Waals surface area contributed by atoms with Crippen LogP contribution in [0.5, 0.6) is 0 Å². The third-order valence-electron chi connectivity index (χ3n) is 5.15. The smallest absolute Gasteiger partial charge is 0.250 e. The Morgan fingerprint density at radius 1 is 1.18 bits per heavy atom. The van der Waals surface area contributed by atoms with E-state index in [4.69, 9.17) is 0 Å². The maximum absolute atomic E-state index is 13.0. The van der Waals surface area contributed by atoms with Crippen molar-refractivity contribution < 1.29 is 13.2 Å². The van der Waals surface area contributed by atoms with Crippen molar-refractivity contribution >= 4 is 43.2 Å². The molecule has 3 rings (SSSR count). The van der Waals surface area contributed by atoms with Crippen molar-refractivity contribution in [1.82, 2.24) is 10.0 Å². The molecule has 1 aliphatic carbocycles. The fourth-order valence-electron chi connectivity index (χ4n) is 3.54. The van der Waals surface area contributed by atoms with Crippen molar-refractivity contribution in [3.8, 4) is 0 Å². The van der Waals surface area contributed by atoms with E-state index < -0.39 is 16.1 Å². The minimum atomic E-state index is -3.78. The van der Waals surface area contributed by atoms with Gasteiger partial charge in [0.1, 0.15) is 10.3 Å². The third-order valence-corrected chi connectivity index (χ3v) is 8.74. The molecule has 8 heteroatoms. The molecule has 0 saturated heterocycles. The van der Waals surface area contributed by atoms with E-state index in [2.05, 4.69) is 32.9 Å². The van der Waals surface area contributed by atoms with Gasteiger partial charge in [0.25, 0.3) is 10.0 Å². The zero-order valence-corrected chi connectivity index (χ0v) is 18.9. The summed E-state index contributed by atoms with van der Waals surface area (Å²) in [5.74, 6) is 0.140. The predicted octanol–water partition coefficient (Wildman–Crippen LogP) is 4.10. The number of benzene rings is 1. The zero-order chi connectivity index (χ0) is 20.1. The quantitative estimate of drug-likeness (QED) is 0.620. The zero-order valence-electron chi connectivity index (χ0n) is 15.7. The molecule has 28 heavy (non-hydrogen) atoms. The van der Waals surface area contributed by atoms with Crippen molar-refractivity contribution in [3.05, 3.63) is 51.8 Å². The first-order valence-electron chi connectivity index (χ1n) is 9.47. The average molecular weight is 485 g/mol. The van der Waals surface area contributed by atoms with E-state index >= 15 is 0 Å². The van der Waals surface area contributed by atoms with Crippen LogP contribution in [0.3, 0.4) is 0 Å². The molecule has 5 nitrogen and oxygen atoms in total. The molecule has 0 spiro atoms. The fraction of sp³-hybridized carbons (Fsp3) is 0.450. The molecule has 1 aromatic heterocycles. The summed E-state index contributed by atoms with van der Waals surface area (Å²) in [6.07, 6.45) is 4.60. The molecule has 1 saturated carbocycles. The van der Waals surface area contributed by atoms with Gasteiger partial charge in [0.15, 0.2) is 0 Å². The van der Waals surface area contributed by atoms with E-state index in [9.17, 15) is 13.2 Å². The van der Waals surface area contributed by atoms with Crippen molar-refractivity contribution in [2.75, 3.05) is 0 Å². The first-order valence-corrected chi connectivity index (χ1v) is 12.6. The molecule has 2 N–H and O–H groups in total. The van der Waals surface area contributed by atoms with E-state index in [0.29, 0.717) is 12.3 Å². The maximum atomic E-state index is 13.0. The Labute approximate surface area is 179 Å². The first kappa shape index (κ1) is 21.5. The molecule has 3 atom stereocenters. The molecule has 0 aliphatic heterocycles. The number of carbonyl (C=O) groups excluding carboxylic acids is 1. The van der Waals surface area contributed by atoms with Crippen LogP contribution in [0.1, 0.15) is 38.2 Å². The van der Waals surface area contributed by atoms with Gasteiger partial charge < -0.3 is 5.32 Å². The first-order chi connectivity index (χ1) is 13.3. The molecular formula is C20H25BrN2O3S2. The summed E-state index contributed by atoms with van der Waals surface area (Å²) in [4.78, 5) is 13.0. The Bertz CT molecular complexity index is 899. The lowest BCUT2D eigenvalue weighted by atomic mass is 9.86. The molecule has 1 heterocycles. The highest BCUT2D eigenvalue weighted by atomic mass is 79.9. The Morgan fingerprint density at radius 3 is 2.54 bits per heavy atom. The second-order valence-corrected chi connectivity index (χ2v) is 11.7. The number of thiophene rings is 1. The lowest BCUT2D eigenvalue weighted by Crippen LogP contribution is -2.52. The second kappa shape index (κ2) is 9.52. The number of hydrogen-bond acceptors (Lipinski definition) is 4. The summed E-state index contributed by atoms with van der Waals surface area (Å²) in [5, 5.41) is 3.10. The highest BCUT2D eigenvalue weighted by molar-refractivity contribution is 9.11. The Kier molecular flexibility index (Phi) is 7.31. The van der Waals surface area contributed by atoms with E-state index in [1.54, 1.807) is 6.07 Å². The van der Waals surface area contributed by atoms with Crippen LogP contribution in [-0.2, 0) is 21.2 Å². The van der Waals surface area contributed by atoms with Gasteiger partial charge in [-0.3, -0.25) is 4.79 Å². The van der Waals surface area contributed by atoms with Crippen LogP contribution in [0.2, 0.25) is 0 Å². The van der Waals surface area contributed by atoms with Gasteiger partial charge in [-0.05, 0) is 58.8 Å². The highest BCUT2D eigenvalue weighted by Crippen LogP contribution is 2.27. The monoisotopic (exact) mass is 484 g/mol. The van der Waals surface area contributed by atoms with Gasteiger partial charge in [0.05, 0.1) is 3.79 Å². The molecule has 2 aromatic rings. The normalized spacial score (nSPS) is 21.2. The largest absolute Gasteiger partial charge is 0.352 e. The summed E-state index contributed by atoms with van der Waals surface area (Å²) in [5.41, 5.74) is 0.911. The number of sulfonamides is 1. The molecule has 1 aliphatic rings. The molecule has 0 bridgehead atoms. The fourth-order valence-corrected chi connectivity index (χ4v) is 6.76. The van der Waals surface area contributed by atoms with Crippen LogP contribution in [0.25, 0.3) is 0 Å². The number of rotatable bonds is 7. The van der Waals surface area contributed by atoms with Gasteiger partial charge in [-0.2, -0.15) is 4.72 Å². The van der Waals surface area contributed by atoms with Crippen LogP contribution >= 0.6 is 27.3 Å². The average Bonchev–Trinajstić information content (AvgIpc) is 3.11. The summed E-state index contributed by atoms with van der Waals surface area (Å²) < 4.78 is 29.2. The van der Waals surface area contributed by atoms with Crippen molar-refractivity contribution in [2.45, 2.75) is 55.3 Å². The summed E-state index contributed by atoms with van der Waals surface area (Å²) in [7, 11) is -3.78. The van der Waals surface area contributed by atoms with Crippen molar-refractivity contribution in [2.24, 2.45) is 5.92 Å². The molecular weight excluding hydrogens is 460 g/mol. The third kappa shape index (κ3) is 5.65. The minimum Gasteiger partial charge on any atom is -0.352 e. The summed E-state index contributed by atoms with van der Waals surface area (Å²) in [6.45, 7) is 2.14. The lowest BCUT2D eigenvalue weighted by Gasteiger charge is -2.31. The number of amides is 1. The lowest BCUT2D eigenvalue weighted by molar-refractivity contribution is -0.124. The Morgan fingerprint density at radius 2 is 1.89 bits per heavy atom. The van der Waals surface area contributed by atoms with Gasteiger partial charge in [-0.1, -0.05) is 50.1 Å². The van der Waals surface area contributed by atoms with Crippen LogP contribution in [-0.4, -0.2) is 26.4 Å². The summed E-state index contributed by atoms with van der Waals surface area (Å²) in [6, 6.07) is 11.9. The van der Waals surface area contributed by atoms with Gasteiger partial charge in [0, 0.05) is 6.04 Å². The second-order valence-electron chi connectivity index (χ2n) is 7.30. The van der Waals surface area contributed by atoms with Crippen LogP contribution in [0.4, 0.5) is 0 Å². The molecule has 152 valence electrons. The van der Waals surface area contributed by atoms with Crippen molar-refractivity contribution in [1.29, 1.82) is 0 Å². The van der Waals surface area contributed by atoms with E-state index in [1.165, 1.54) is 12.5 Å². The molecule has 1 aromatic carbocycles. The Hall–Kier alpha value is -1.22. The van der Waals surface area contributed by atoms with Gasteiger partial charge in [-0.25, -0.2) is 8.42 Å². The SMILES string of the molecule is C[C@@H]1CCCC[C@H]1NC(=O)[C@H](Cc1ccccc1)NS(=O)(=O)c1ccc(Br)s1. The minimum absolute atomic E-state index is 0.0971. The topological polar surface area (TPSA) is 75.3 Å². The maximum Gasteiger partial charge on any atom is 0.250 e. The van der Waals surface area contributed by atoms with Crippen LogP contribution < -0.4 is 10.0 Å². The van der Waals surface area contributed by atoms with E-state index in [1.807, 2.05) is 30.3 Å². The number of halogens is 1. The van der Waals surface area contributed by atoms with Gasteiger partial charge in [-0.15, -0.1) is 11.3 Å². The van der Waals surface area contributed by atoms with Crippen LogP contribution in [0, 0.1) is 5.92 Å². The van der Waals surface area contributed by atoms with Gasteiger partial charge >= 0.3 is 0 Å². The van der Waals surface area contributed by atoms with E-state index in [0.717, 1.165) is 39.9 Å². The van der Waals surface area contributed by atoms with Crippen molar-refractivity contribution in [3.63, 3.8) is 0 Å². The molecule has 1 fully saturated rings. The number of nitrogens with one attached hydrogen (secondary N) is 2. The van der Waals surface area contributed by atoms with Crippen LogP contribution in [0.15, 0.2) is 50.5 Å². The van der Waals surface area contributed by atoms with E-state index in [-0.39, 0.29) is 16.2 Å². The predicted molar refractivity (Wildman–Crippen MR) is 116 cm³/mol. The molecule has 0 unspecified atom stereocenters. The number of hydrogen-bond donors (Lipinski definition) is 2. The summed E-state index contributed by atoms with van der Waals surface area (Å²) >= 11 is 4.42. The molecule has 1 amide bonds. The number of carbonyl (C=O) groups is 1. The van der Waals surface area contributed by atoms with Gasteiger partial charge in [0.2, 0.25) is 5.91 Å². The standard InChI is InChI=1S/C20H25BrN2O3S2/c1-14-7-5-6-10-16(14)22-20(24)17(13-15-8-3-2-4-9-15)23-28(25,26)19-12-11-18(21)27-19/h2-4,8-9,11-12,14,16-17,23H,5-7,10,13H2,1H3,(H,22,24)/t14-,16-,17+/m1/s1.